The molecular formula is C11H9BrF3N5O. The zero-order chi connectivity index (χ0) is 15.6. The van der Waals surface area contributed by atoms with Gasteiger partial charge in [0, 0.05) is 35.1 Å². The van der Waals surface area contributed by atoms with Crippen molar-refractivity contribution in [1.29, 1.82) is 0 Å². The lowest BCUT2D eigenvalue weighted by Gasteiger charge is -2.17. The molecule has 1 amide bonds. The Balaban J connectivity index is 2.26. The van der Waals surface area contributed by atoms with Crippen LogP contribution in [0.2, 0.25) is 0 Å². The highest BCUT2D eigenvalue weighted by atomic mass is 79.9. The van der Waals surface area contributed by atoms with E-state index < -0.39 is 11.7 Å². The fourth-order valence-electron chi connectivity index (χ4n) is 2.07. The summed E-state index contributed by atoms with van der Waals surface area (Å²) in [5, 5.41) is 3.38. The summed E-state index contributed by atoms with van der Waals surface area (Å²) >= 11 is 2.79. The number of alkyl halides is 3. The highest BCUT2D eigenvalue weighted by Crippen LogP contribution is 2.37. The van der Waals surface area contributed by atoms with Crippen LogP contribution in [0.4, 0.5) is 19.0 Å². The van der Waals surface area contributed by atoms with Gasteiger partial charge in [-0.25, -0.2) is 4.98 Å². The summed E-state index contributed by atoms with van der Waals surface area (Å²) in [6.45, 7) is 0.311. The van der Waals surface area contributed by atoms with Crippen LogP contribution in [-0.2, 0) is 11.0 Å². The molecule has 1 aromatic heterocycles. The second-order valence-corrected chi connectivity index (χ2v) is 5.36. The Hall–Kier alpha value is -1.80. The van der Waals surface area contributed by atoms with Gasteiger partial charge in [0.25, 0.3) is 0 Å². The molecule has 2 rings (SSSR count). The Morgan fingerprint density at radius 3 is 2.90 bits per heavy atom. The number of amides is 1. The highest BCUT2D eigenvalue weighted by Gasteiger charge is 2.36. The monoisotopic (exact) mass is 363 g/mol. The predicted molar refractivity (Wildman–Crippen MR) is 71.4 cm³/mol. The minimum Gasteiger partial charge on any atom is -0.297 e. The van der Waals surface area contributed by atoms with Gasteiger partial charge in [0.1, 0.15) is 5.82 Å². The van der Waals surface area contributed by atoms with Crippen molar-refractivity contribution in [3.8, 4) is 0 Å². The van der Waals surface area contributed by atoms with Crippen LogP contribution in [0.25, 0.3) is 10.4 Å². The van der Waals surface area contributed by atoms with Crippen molar-refractivity contribution in [2.75, 3.05) is 18.0 Å². The van der Waals surface area contributed by atoms with Gasteiger partial charge in [-0.2, -0.15) is 13.2 Å². The summed E-state index contributed by atoms with van der Waals surface area (Å²) in [6, 6.07) is 0.831. The second-order valence-electron chi connectivity index (χ2n) is 4.51. The molecule has 112 valence electrons. The van der Waals surface area contributed by atoms with E-state index >= 15 is 0 Å². The van der Waals surface area contributed by atoms with E-state index in [2.05, 4.69) is 30.9 Å². The maximum atomic E-state index is 12.8. The normalized spacial score (nSPS) is 18.8. The fourth-order valence-corrected chi connectivity index (χ4v) is 2.51. The van der Waals surface area contributed by atoms with E-state index in [0.29, 0.717) is 0 Å². The molecule has 1 aromatic rings. The molecule has 10 heteroatoms. The third-order valence-corrected chi connectivity index (χ3v) is 3.66. The topological polar surface area (TPSA) is 82.0 Å². The molecule has 0 radical (unpaired) electrons. The minimum absolute atomic E-state index is 0.0565. The molecule has 1 aliphatic rings. The van der Waals surface area contributed by atoms with Crippen molar-refractivity contribution in [1.82, 2.24) is 4.98 Å². The minimum atomic E-state index is -4.54. The Morgan fingerprint density at radius 2 is 2.29 bits per heavy atom. The van der Waals surface area contributed by atoms with E-state index in [4.69, 9.17) is 5.53 Å². The summed E-state index contributed by atoms with van der Waals surface area (Å²) in [5.74, 6) is -0.608. The Morgan fingerprint density at radius 1 is 1.57 bits per heavy atom. The number of nitrogens with zero attached hydrogens (tertiary/aromatic N) is 5. The fraction of sp³-hybridized carbons (Fsp3) is 0.455. The first-order chi connectivity index (χ1) is 9.82. The van der Waals surface area contributed by atoms with E-state index in [1.54, 1.807) is 0 Å². The molecular weight excluding hydrogens is 355 g/mol. The average molecular weight is 364 g/mol. The molecule has 1 aliphatic heterocycles. The molecule has 0 spiro atoms. The molecule has 1 atom stereocenters. The smallest absolute Gasteiger partial charge is 0.297 e. The molecule has 0 N–H and O–H groups in total. The van der Waals surface area contributed by atoms with Crippen LogP contribution in [0.15, 0.2) is 21.9 Å². The van der Waals surface area contributed by atoms with Crippen molar-refractivity contribution < 1.29 is 18.0 Å². The van der Waals surface area contributed by atoms with Gasteiger partial charge in [0.05, 0.1) is 5.56 Å². The van der Waals surface area contributed by atoms with Crippen LogP contribution in [0.5, 0.6) is 0 Å². The molecule has 6 nitrogen and oxygen atoms in total. The van der Waals surface area contributed by atoms with Crippen LogP contribution < -0.4 is 4.90 Å². The van der Waals surface area contributed by atoms with E-state index in [-0.39, 0.29) is 41.6 Å². The van der Waals surface area contributed by atoms with Crippen LogP contribution in [0.1, 0.15) is 12.0 Å². The van der Waals surface area contributed by atoms with Gasteiger partial charge < -0.3 is 0 Å². The number of aromatic nitrogens is 1. The van der Waals surface area contributed by atoms with Crippen molar-refractivity contribution in [2.45, 2.75) is 12.6 Å². The maximum Gasteiger partial charge on any atom is 0.417 e. The molecule has 0 bridgehead atoms. The van der Waals surface area contributed by atoms with Crippen molar-refractivity contribution >= 4 is 27.7 Å². The van der Waals surface area contributed by atoms with Gasteiger partial charge in [-0.15, -0.1) is 0 Å². The van der Waals surface area contributed by atoms with Crippen LogP contribution in [0.3, 0.4) is 0 Å². The number of hydrogen-bond acceptors (Lipinski definition) is 3. The van der Waals surface area contributed by atoms with Gasteiger partial charge in [-0.05, 0) is 33.4 Å². The Bertz CT molecular complexity index is 614. The lowest BCUT2D eigenvalue weighted by molar-refractivity contribution is -0.138. The van der Waals surface area contributed by atoms with Gasteiger partial charge >= 0.3 is 6.18 Å². The molecule has 21 heavy (non-hydrogen) atoms. The first kappa shape index (κ1) is 15.6. The summed E-state index contributed by atoms with van der Waals surface area (Å²) in [4.78, 5) is 19.5. The van der Waals surface area contributed by atoms with Crippen molar-refractivity contribution in [3.63, 3.8) is 0 Å². The maximum absolute atomic E-state index is 12.8. The average Bonchev–Trinajstić information content (AvgIpc) is 2.77. The van der Waals surface area contributed by atoms with E-state index in [0.717, 1.165) is 12.3 Å². The number of carbonyl (C=O) groups is 1. The SMILES string of the molecule is [N-]=[N+]=NCC1CC(=O)N(c2cc(C(F)(F)F)c(Br)cn2)C1. The molecule has 1 fully saturated rings. The second kappa shape index (κ2) is 5.90. The number of carbonyl (C=O) groups excluding carboxylic acids is 1. The van der Waals surface area contributed by atoms with E-state index in [1.807, 2.05) is 0 Å². The van der Waals surface area contributed by atoms with Gasteiger partial charge in [0.15, 0.2) is 0 Å². The van der Waals surface area contributed by atoms with Gasteiger partial charge in [0.2, 0.25) is 5.91 Å². The number of anilines is 1. The van der Waals surface area contributed by atoms with Crippen LogP contribution in [-0.4, -0.2) is 24.0 Å². The van der Waals surface area contributed by atoms with E-state index in [9.17, 15) is 18.0 Å². The van der Waals surface area contributed by atoms with Gasteiger partial charge in [-0.1, -0.05) is 5.11 Å². The van der Waals surface area contributed by atoms with E-state index in [1.165, 1.54) is 4.90 Å². The number of pyridine rings is 1. The zero-order valence-electron chi connectivity index (χ0n) is 10.5. The highest BCUT2D eigenvalue weighted by molar-refractivity contribution is 9.10. The third-order valence-electron chi connectivity index (χ3n) is 3.03. The molecule has 0 saturated carbocycles. The Kier molecular flexibility index (Phi) is 4.38. The lowest BCUT2D eigenvalue weighted by atomic mass is 10.1. The van der Waals surface area contributed by atoms with Crippen molar-refractivity contribution in [2.24, 2.45) is 11.0 Å². The molecule has 2 heterocycles. The molecule has 1 unspecified atom stereocenters. The Labute approximate surface area is 125 Å². The quantitative estimate of drug-likeness (QED) is 0.467. The first-order valence-electron chi connectivity index (χ1n) is 5.87. The molecule has 0 aliphatic carbocycles. The number of rotatable bonds is 3. The van der Waals surface area contributed by atoms with Crippen molar-refractivity contribution in [3.05, 3.63) is 32.7 Å². The zero-order valence-corrected chi connectivity index (χ0v) is 12.1. The molecule has 1 saturated heterocycles. The van der Waals surface area contributed by atoms with Crippen LogP contribution >= 0.6 is 15.9 Å². The number of halogens is 4. The van der Waals surface area contributed by atoms with Crippen LogP contribution in [0, 0.1) is 5.92 Å². The van der Waals surface area contributed by atoms with Gasteiger partial charge in [-0.3, -0.25) is 9.69 Å². The molecule has 0 aromatic carbocycles. The first-order valence-corrected chi connectivity index (χ1v) is 6.66. The summed E-state index contributed by atoms with van der Waals surface area (Å²) in [5.41, 5.74) is 7.36. The third kappa shape index (κ3) is 3.45. The number of azide groups is 1. The number of hydrogen-bond donors (Lipinski definition) is 0. The lowest BCUT2D eigenvalue weighted by Crippen LogP contribution is -2.26. The summed E-state index contributed by atoms with van der Waals surface area (Å²) in [7, 11) is 0. The largest absolute Gasteiger partial charge is 0.417 e. The summed E-state index contributed by atoms with van der Waals surface area (Å²) in [6.07, 6.45) is -3.39. The summed E-state index contributed by atoms with van der Waals surface area (Å²) < 4.78 is 38.3. The standard InChI is InChI=1S/C11H9BrF3N5O/c12-8-4-17-9(2-7(8)11(13,14)15)20-5-6(1-10(20)21)3-18-19-16/h2,4,6H,1,3,5H2. The predicted octanol–water partition coefficient (Wildman–Crippen LogP) is 3.53.